The summed E-state index contributed by atoms with van der Waals surface area (Å²) >= 11 is 0. The third kappa shape index (κ3) is 5.01. The minimum absolute atomic E-state index is 0.0644. The fourth-order valence-corrected chi connectivity index (χ4v) is 5.67. The van der Waals surface area contributed by atoms with E-state index in [1.165, 1.54) is 19.9 Å². The highest BCUT2D eigenvalue weighted by atomic mass is 19.1. The van der Waals surface area contributed by atoms with Crippen molar-refractivity contribution in [2.45, 2.75) is 89.1 Å². The van der Waals surface area contributed by atoms with E-state index in [1.54, 1.807) is 18.0 Å². The molecule has 1 saturated carbocycles. The Balaban J connectivity index is 1.31. The maximum Gasteiger partial charge on any atom is 0.253 e. The van der Waals surface area contributed by atoms with Crippen LogP contribution in [0.5, 0.6) is 0 Å². The predicted octanol–water partition coefficient (Wildman–Crippen LogP) is 2.20. The number of hydrogen-bond donors (Lipinski definition) is 3. The van der Waals surface area contributed by atoms with Gasteiger partial charge in [-0.15, -0.1) is 0 Å². The number of nitrogens with one attached hydrogen (secondary N) is 2. The number of rotatable bonds is 5. The van der Waals surface area contributed by atoms with E-state index in [4.69, 9.17) is 0 Å². The zero-order valence-electron chi connectivity index (χ0n) is 20.2. The molecule has 2 unspecified atom stereocenters. The standard InChI is InChI=1S/C25H37FN4O3/c1-15-8-9-20(26)19-13-21(28-22(15)19)23(31)27-16-6-5-7-17(12-16)30-11-10-18(14-30)29(4)24(32)25(2,3)33/h8-9,16-18,21,28,33H,5-7,10-14H2,1-4H3,(H,27,31)/t16-,17?,18-,21?/m1/s1. The minimum atomic E-state index is -1.36. The fraction of sp³-hybridized carbons (Fsp3) is 0.680. The lowest BCUT2D eigenvalue weighted by Crippen LogP contribution is -2.50. The summed E-state index contributed by atoms with van der Waals surface area (Å²) in [4.78, 5) is 29.5. The van der Waals surface area contributed by atoms with Crippen molar-refractivity contribution < 1.29 is 19.1 Å². The Morgan fingerprint density at radius 2 is 2.03 bits per heavy atom. The Labute approximate surface area is 195 Å². The summed E-state index contributed by atoms with van der Waals surface area (Å²) in [6, 6.07) is 3.34. The van der Waals surface area contributed by atoms with Gasteiger partial charge in [-0.3, -0.25) is 14.5 Å². The fourth-order valence-electron chi connectivity index (χ4n) is 5.67. The summed E-state index contributed by atoms with van der Waals surface area (Å²) in [7, 11) is 1.77. The molecule has 0 radical (unpaired) electrons. The van der Waals surface area contributed by atoms with E-state index in [0.717, 1.165) is 56.4 Å². The molecule has 3 aliphatic rings. The third-order valence-electron chi connectivity index (χ3n) is 7.60. The Hall–Kier alpha value is -2.19. The van der Waals surface area contributed by atoms with Crippen LogP contribution < -0.4 is 10.6 Å². The molecule has 0 spiro atoms. The number of carbonyl (C=O) groups is 2. The molecular formula is C25H37FN4O3. The van der Waals surface area contributed by atoms with Gasteiger partial charge >= 0.3 is 0 Å². The second-order valence-corrected chi connectivity index (χ2v) is 10.6. The molecule has 0 bridgehead atoms. The number of hydrogen-bond acceptors (Lipinski definition) is 5. The summed E-state index contributed by atoms with van der Waals surface area (Å²) in [5.74, 6) is -0.571. The van der Waals surface area contributed by atoms with Gasteiger partial charge in [0.1, 0.15) is 17.5 Å². The van der Waals surface area contributed by atoms with Crippen molar-refractivity contribution >= 4 is 17.5 Å². The van der Waals surface area contributed by atoms with Crippen molar-refractivity contribution in [3.8, 4) is 0 Å². The Morgan fingerprint density at radius 1 is 1.27 bits per heavy atom. The first kappa shape index (κ1) is 24.0. The van der Waals surface area contributed by atoms with Crippen molar-refractivity contribution in [1.82, 2.24) is 15.1 Å². The zero-order valence-corrected chi connectivity index (χ0v) is 20.2. The maximum atomic E-state index is 14.2. The molecule has 0 aromatic heterocycles. The number of amides is 2. The van der Waals surface area contributed by atoms with E-state index in [1.807, 2.05) is 6.92 Å². The molecule has 182 valence electrons. The number of benzene rings is 1. The average molecular weight is 461 g/mol. The second-order valence-electron chi connectivity index (χ2n) is 10.6. The van der Waals surface area contributed by atoms with Crippen LogP contribution in [0.15, 0.2) is 12.1 Å². The number of aliphatic hydroxyl groups is 1. The van der Waals surface area contributed by atoms with Crippen LogP contribution in [0.1, 0.15) is 57.1 Å². The maximum absolute atomic E-state index is 14.2. The van der Waals surface area contributed by atoms with Crippen molar-refractivity contribution in [2.24, 2.45) is 0 Å². The molecule has 4 atom stereocenters. The van der Waals surface area contributed by atoms with E-state index < -0.39 is 11.6 Å². The average Bonchev–Trinajstić information content (AvgIpc) is 3.43. The number of likely N-dealkylation sites (N-methyl/N-ethyl adjacent to an activating group) is 1. The molecular weight excluding hydrogens is 423 g/mol. The molecule has 7 nitrogen and oxygen atoms in total. The van der Waals surface area contributed by atoms with E-state index in [2.05, 4.69) is 15.5 Å². The SMILES string of the molecule is Cc1ccc(F)c2c1NC(C(=O)N[C@@H]1CCCC(N3CC[C@@H](N(C)C(=O)C(C)(C)O)C3)C1)C2. The van der Waals surface area contributed by atoms with E-state index >= 15 is 0 Å². The number of likely N-dealkylation sites (tertiary alicyclic amines) is 1. The van der Waals surface area contributed by atoms with Crippen LogP contribution in [0.4, 0.5) is 10.1 Å². The quantitative estimate of drug-likeness (QED) is 0.627. The van der Waals surface area contributed by atoms with Crippen LogP contribution in [0.3, 0.4) is 0 Å². The van der Waals surface area contributed by atoms with E-state index in [9.17, 15) is 19.1 Å². The van der Waals surface area contributed by atoms with E-state index in [-0.39, 0.29) is 29.7 Å². The molecule has 2 aliphatic heterocycles. The molecule has 1 saturated heterocycles. The molecule has 2 heterocycles. The largest absolute Gasteiger partial charge is 0.381 e. The minimum Gasteiger partial charge on any atom is -0.381 e. The molecule has 3 N–H and O–H groups in total. The molecule has 2 amide bonds. The summed E-state index contributed by atoms with van der Waals surface area (Å²) in [5, 5.41) is 16.5. The topological polar surface area (TPSA) is 84.9 Å². The second kappa shape index (κ2) is 9.22. The number of aryl methyl sites for hydroxylation is 1. The lowest BCUT2D eigenvalue weighted by atomic mass is 9.89. The first-order chi connectivity index (χ1) is 15.5. The number of nitrogens with zero attached hydrogens (tertiary/aromatic N) is 2. The van der Waals surface area contributed by atoms with Gasteiger partial charge in [0, 0.05) is 55.9 Å². The van der Waals surface area contributed by atoms with Gasteiger partial charge in [0.15, 0.2) is 0 Å². The van der Waals surface area contributed by atoms with Crippen LogP contribution in [-0.4, -0.2) is 76.6 Å². The lowest BCUT2D eigenvalue weighted by molar-refractivity contribution is -0.148. The van der Waals surface area contributed by atoms with E-state index in [0.29, 0.717) is 18.0 Å². The molecule has 2 fully saturated rings. The van der Waals surface area contributed by atoms with Gasteiger partial charge < -0.3 is 20.6 Å². The van der Waals surface area contributed by atoms with Crippen molar-refractivity contribution in [3.05, 3.63) is 29.1 Å². The summed E-state index contributed by atoms with van der Waals surface area (Å²) in [6.45, 7) is 6.69. The third-order valence-corrected chi connectivity index (χ3v) is 7.60. The zero-order chi connectivity index (χ0) is 23.9. The number of halogens is 1. The highest BCUT2D eigenvalue weighted by molar-refractivity contribution is 5.88. The van der Waals surface area contributed by atoms with Crippen LogP contribution in [-0.2, 0) is 16.0 Å². The van der Waals surface area contributed by atoms with Crippen LogP contribution in [0.25, 0.3) is 0 Å². The summed E-state index contributed by atoms with van der Waals surface area (Å²) < 4.78 is 14.2. The highest BCUT2D eigenvalue weighted by Gasteiger charge is 2.38. The lowest BCUT2D eigenvalue weighted by Gasteiger charge is -2.36. The van der Waals surface area contributed by atoms with Gasteiger partial charge in [-0.05, 0) is 64.5 Å². The Kier molecular flexibility index (Phi) is 6.69. The van der Waals surface area contributed by atoms with Crippen LogP contribution >= 0.6 is 0 Å². The van der Waals surface area contributed by atoms with Gasteiger partial charge in [0.25, 0.3) is 5.91 Å². The molecule has 4 rings (SSSR count). The summed E-state index contributed by atoms with van der Waals surface area (Å²) in [5.41, 5.74) is 0.947. The van der Waals surface area contributed by atoms with Crippen molar-refractivity contribution in [2.75, 3.05) is 25.5 Å². The van der Waals surface area contributed by atoms with Gasteiger partial charge in [0.05, 0.1) is 0 Å². The number of anilines is 1. The normalized spacial score (nSPS) is 27.7. The van der Waals surface area contributed by atoms with Gasteiger partial charge in [-0.1, -0.05) is 6.07 Å². The van der Waals surface area contributed by atoms with Crippen LogP contribution in [0.2, 0.25) is 0 Å². The van der Waals surface area contributed by atoms with Gasteiger partial charge in [-0.2, -0.15) is 0 Å². The molecule has 8 heteroatoms. The monoisotopic (exact) mass is 460 g/mol. The molecule has 1 aromatic carbocycles. The smallest absolute Gasteiger partial charge is 0.253 e. The Morgan fingerprint density at radius 3 is 2.73 bits per heavy atom. The van der Waals surface area contributed by atoms with Gasteiger partial charge in [-0.25, -0.2) is 4.39 Å². The predicted molar refractivity (Wildman–Crippen MR) is 125 cm³/mol. The molecule has 1 aliphatic carbocycles. The molecule has 33 heavy (non-hydrogen) atoms. The van der Waals surface area contributed by atoms with Crippen molar-refractivity contribution in [3.63, 3.8) is 0 Å². The first-order valence-electron chi connectivity index (χ1n) is 12.1. The molecule has 1 aromatic rings. The van der Waals surface area contributed by atoms with Gasteiger partial charge in [0.2, 0.25) is 5.91 Å². The first-order valence-corrected chi connectivity index (χ1v) is 12.1. The number of fused-ring (bicyclic) bond motifs is 1. The van der Waals surface area contributed by atoms with Crippen molar-refractivity contribution in [1.29, 1.82) is 0 Å². The Bertz CT molecular complexity index is 885. The van der Waals surface area contributed by atoms with Crippen LogP contribution in [0, 0.1) is 12.7 Å². The highest BCUT2D eigenvalue weighted by Crippen LogP contribution is 2.32. The summed E-state index contributed by atoms with van der Waals surface area (Å²) in [6.07, 6.45) is 5.22. The number of carbonyl (C=O) groups excluding carboxylic acids is 2.